The maximum Gasteiger partial charge on any atom is 0.303 e. The van der Waals surface area contributed by atoms with Crippen LogP contribution in [-0.4, -0.2) is 17.6 Å². The molecule has 2 aromatic carbocycles. The summed E-state index contributed by atoms with van der Waals surface area (Å²) in [6.07, 6.45) is 0.880. The van der Waals surface area contributed by atoms with Gasteiger partial charge in [0, 0.05) is 22.5 Å². The third-order valence-electron chi connectivity index (χ3n) is 4.07. The number of rotatable bonds is 7. The Morgan fingerprint density at radius 3 is 2.71 bits per heavy atom. The number of nitrogens with one attached hydrogen (secondary N) is 1. The van der Waals surface area contributed by atoms with Crippen molar-refractivity contribution >= 4 is 27.4 Å². The molecule has 124 valence electrons. The first kappa shape index (κ1) is 16.7. The number of thiophene rings is 1. The van der Waals surface area contributed by atoms with E-state index in [0.717, 1.165) is 13.1 Å². The molecule has 3 nitrogen and oxygen atoms in total. The van der Waals surface area contributed by atoms with E-state index in [1.54, 1.807) is 0 Å². The van der Waals surface area contributed by atoms with Gasteiger partial charge in [-0.1, -0.05) is 42.5 Å². The van der Waals surface area contributed by atoms with Gasteiger partial charge in [0.25, 0.3) is 0 Å². The summed E-state index contributed by atoms with van der Waals surface area (Å²) in [5.41, 5.74) is 3.85. The number of carboxylic acid groups (broad SMARTS) is 1. The maximum absolute atomic E-state index is 10.5. The van der Waals surface area contributed by atoms with Crippen LogP contribution in [-0.2, 0) is 11.3 Å². The Morgan fingerprint density at radius 1 is 1.12 bits per heavy atom. The van der Waals surface area contributed by atoms with Crippen molar-refractivity contribution in [2.24, 2.45) is 0 Å². The van der Waals surface area contributed by atoms with E-state index >= 15 is 0 Å². The fourth-order valence-corrected chi connectivity index (χ4v) is 4.02. The first-order chi connectivity index (χ1) is 11.6. The van der Waals surface area contributed by atoms with Crippen molar-refractivity contribution < 1.29 is 9.90 Å². The van der Waals surface area contributed by atoms with Gasteiger partial charge in [-0.3, -0.25) is 4.79 Å². The lowest BCUT2D eigenvalue weighted by atomic mass is 10.00. The third-order valence-corrected chi connectivity index (χ3v) is 5.26. The van der Waals surface area contributed by atoms with Crippen LogP contribution >= 0.6 is 11.3 Å². The molecule has 1 heterocycles. The number of fused-ring (bicyclic) bond motifs is 1. The molecule has 0 bridgehead atoms. The highest BCUT2D eigenvalue weighted by atomic mass is 32.1. The Hall–Kier alpha value is -2.17. The van der Waals surface area contributed by atoms with E-state index in [1.165, 1.54) is 31.7 Å². The molecular formula is C20H21NO2S. The zero-order valence-electron chi connectivity index (χ0n) is 13.7. The van der Waals surface area contributed by atoms with Gasteiger partial charge in [0.15, 0.2) is 0 Å². The van der Waals surface area contributed by atoms with Crippen LogP contribution in [0.3, 0.4) is 0 Å². The summed E-state index contributed by atoms with van der Waals surface area (Å²) in [4.78, 5) is 11.8. The van der Waals surface area contributed by atoms with Gasteiger partial charge >= 0.3 is 5.97 Å². The number of aliphatic carboxylic acids is 1. The first-order valence-corrected chi connectivity index (χ1v) is 8.97. The molecule has 4 heteroatoms. The van der Waals surface area contributed by atoms with Crippen LogP contribution in [0.5, 0.6) is 0 Å². The van der Waals surface area contributed by atoms with E-state index in [9.17, 15) is 4.79 Å². The molecule has 0 aliphatic rings. The fourth-order valence-electron chi connectivity index (χ4n) is 2.87. The molecule has 0 saturated heterocycles. The first-order valence-electron chi connectivity index (χ1n) is 8.15. The molecule has 3 aromatic rings. The van der Waals surface area contributed by atoms with Gasteiger partial charge < -0.3 is 10.4 Å². The summed E-state index contributed by atoms with van der Waals surface area (Å²) in [6, 6.07) is 17.2. The molecule has 2 N–H and O–H groups in total. The minimum absolute atomic E-state index is 0.219. The van der Waals surface area contributed by atoms with E-state index in [-0.39, 0.29) is 6.42 Å². The second-order valence-electron chi connectivity index (χ2n) is 5.93. The van der Waals surface area contributed by atoms with Gasteiger partial charge in [-0.15, -0.1) is 11.3 Å². The van der Waals surface area contributed by atoms with Crippen LogP contribution in [0, 0.1) is 6.92 Å². The van der Waals surface area contributed by atoms with Crippen LogP contribution in [0.1, 0.15) is 23.3 Å². The predicted octanol–water partition coefficient (Wildman–Crippen LogP) is 4.83. The fraction of sp³-hybridized carbons (Fsp3) is 0.250. The molecule has 0 aliphatic heterocycles. The molecule has 3 rings (SSSR count). The van der Waals surface area contributed by atoms with Crippen molar-refractivity contribution in [3.63, 3.8) is 0 Å². The van der Waals surface area contributed by atoms with Gasteiger partial charge in [0.1, 0.15) is 0 Å². The summed E-state index contributed by atoms with van der Waals surface area (Å²) in [5.74, 6) is -0.735. The largest absolute Gasteiger partial charge is 0.481 e. The molecule has 24 heavy (non-hydrogen) atoms. The van der Waals surface area contributed by atoms with Gasteiger partial charge in [0.2, 0.25) is 0 Å². The van der Waals surface area contributed by atoms with E-state index in [2.05, 4.69) is 60.8 Å². The minimum atomic E-state index is -0.735. The van der Waals surface area contributed by atoms with E-state index < -0.39 is 5.97 Å². The summed E-state index contributed by atoms with van der Waals surface area (Å²) < 4.78 is 1.31. The van der Waals surface area contributed by atoms with Crippen molar-refractivity contribution in [2.75, 3.05) is 6.54 Å². The highest BCUT2D eigenvalue weighted by molar-refractivity contribution is 7.19. The second-order valence-corrected chi connectivity index (χ2v) is 7.06. The van der Waals surface area contributed by atoms with E-state index in [1.807, 2.05) is 11.3 Å². The van der Waals surface area contributed by atoms with Crippen LogP contribution in [0.2, 0.25) is 0 Å². The van der Waals surface area contributed by atoms with Gasteiger partial charge in [-0.2, -0.15) is 0 Å². The zero-order chi connectivity index (χ0) is 16.9. The second kappa shape index (κ2) is 7.60. The van der Waals surface area contributed by atoms with Gasteiger partial charge in [-0.25, -0.2) is 0 Å². The lowest BCUT2D eigenvalue weighted by molar-refractivity contribution is -0.137. The third kappa shape index (κ3) is 3.83. The minimum Gasteiger partial charge on any atom is -0.481 e. The monoisotopic (exact) mass is 339 g/mol. The molecule has 0 amide bonds. The van der Waals surface area contributed by atoms with Crippen LogP contribution in [0.25, 0.3) is 21.2 Å². The highest BCUT2D eigenvalue weighted by Crippen LogP contribution is 2.36. The molecule has 0 aliphatic carbocycles. The normalized spacial score (nSPS) is 11.0. The number of aryl methyl sites for hydroxylation is 1. The lowest BCUT2D eigenvalue weighted by Crippen LogP contribution is -2.14. The molecular weight excluding hydrogens is 318 g/mol. The van der Waals surface area contributed by atoms with E-state index in [0.29, 0.717) is 6.42 Å². The molecule has 1 aromatic heterocycles. The molecule has 0 saturated carbocycles. The molecule has 0 radical (unpaired) electrons. The van der Waals surface area contributed by atoms with Crippen molar-refractivity contribution in [2.45, 2.75) is 26.3 Å². The maximum atomic E-state index is 10.5. The standard InChI is InChI=1S/C20H21NO2S/c1-14-6-2-3-8-17(14)18-9-4-7-15-12-16(24-20(15)18)13-21-11-5-10-19(22)23/h2-4,6-9,12,21H,5,10-11,13H2,1H3,(H,22,23). The summed E-state index contributed by atoms with van der Waals surface area (Å²) in [6.45, 7) is 3.66. The van der Waals surface area contributed by atoms with Crippen molar-refractivity contribution in [1.29, 1.82) is 0 Å². The summed E-state index contributed by atoms with van der Waals surface area (Å²) >= 11 is 1.81. The average Bonchev–Trinajstić information content (AvgIpc) is 2.97. The van der Waals surface area contributed by atoms with Crippen LogP contribution < -0.4 is 5.32 Å². The number of carbonyl (C=O) groups is 1. The van der Waals surface area contributed by atoms with Gasteiger partial charge in [0.05, 0.1) is 0 Å². The molecule has 0 fully saturated rings. The quantitative estimate of drug-likeness (QED) is 0.606. The summed E-state index contributed by atoms with van der Waals surface area (Å²) in [5, 5.41) is 13.3. The van der Waals surface area contributed by atoms with Crippen LogP contribution in [0.15, 0.2) is 48.5 Å². The van der Waals surface area contributed by atoms with Crippen molar-refractivity contribution in [1.82, 2.24) is 5.32 Å². The Labute approximate surface area is 146 Å². The SMILES string of the molecule is Cc1ccccc1-c1cccc2cc(CNCCCC(=O)O)sc12. The van der Waals surface area contributed by atoms with Crippen molar-refractivity contribution in [3.05, 3.63) is 59.0 Å². The number of benzene rings is 2. The number of hydrogen-bond donors (Lipinski definition) is 2. The van der Waals surface area contributed by atoms with Crippen LogP contribution in [0.4, 0.5) is 0 Å². The van der Waals surface area contributed by atoms with Crippen molar-refractivity contribution in [3.8, 4) is 11.1 Å². The molecule has 0 atom stereocenters. The topological polar surface area (TPSA) is 49.3 Å². The highest BCUT2D eigenvalue weighted by Gasteiger charge is 2.09. The average molecular weight is 339 g/mol. The van der Waals surface area contributed by atoms with E-state index in [4.69, 9.17) is 5.11 Å². The Kier molecular flexibility index (Phi) is 5.28. The Balaban J connectivity index is 1.78. The molecule has 0 unspecified atom stereocenters. The lowest BCUT2D eigenvalue weighted by Gasteiger charge is -2.06. The zero-order valence-corrected chi connectivity index (χ0v) is 14.5. The number of carboxylic acids is 1. The Morgan fingerprint density at radius 2 is 1.92 bits per heavy atom. The Bertz CT molecular complexity index is 854. The smallest absolute Gasteiger partial charge is 0.303 e. The van der Waals surface area contributed by atoms with Gasteiger partial charge in [-0.05, 0) is 48.0 Å². The predicted molar refractivity (Wildman–Crippen MR) is 101 cm³/mol. The number of hydrogen-bond acceptors (Lipinski definition) is 3. The molecule has 0 spiro atoms. The summed E-state index contributed by atoms with van der Waals surface area (Å²) in [7, 11) is 0.